The third-order valence-corrected chi connectivity index (χ3v) is 1.81. The van der Waals surface area contributed by atoms with Crippen LogP contribution in [0, 0.1) is 6.92 Å². The molecule has 1 aromatic rings. The molecule has 0 aliphatic heterocycles. The smallest absolute Gasteiger partial charge is 0.208 e. The molecule has 0 atom stereocenters. The van der Waals surface area contributed by atoms with Crippen molar-refractivity contribution in [2.75, 3.05) is 13.3 Å². The summed E-state index contributed by atoms with van der Waals surface area (Å²) in [4.78, 5) is 7.74. The number of nitrogens with zero attached hydrogens (tertiary/aromatic N) is 2. The molecule has 1 heterocycles. The summed E-state index contributed by atoms with van der Waals surface area (Å²) in [5, 5.41) is 0. The van der Waals surface area contributed by atoms with E-state index in [1.807, 2.05) is 6.92 Å². The Balaban J connectivity index is 0.000000226. The molecule has 1 rings (SSSR count). The van der Waals surface area contributed by atoms with Crippen LogP contribution in [0.2, 0.25) is 0 Å². The van der Waals surface area contributed by atoms with Crippen molar-refractivity contribution in [3.63, 3.8) is 0 Å². The van der Waals surface area contributed by atoms with Gasteiger partial charge < -0.3 is 0 Å². The molecule has 74 valence electrons. The van der Waals surface area contributed by atoms with Gasteiger partial charge in [0.25, 0.3) is 0 Å². The fourth-order valence-corrected chi connectivity index (χ4v) is 0.374. The Labute approximate surface area is 78.3 Å². The van der Waals surface area contributed by atoms with Crippen molar-refractivity contribution in [2.45, 2.75) is 6.92 Å². The monoisotopic (exact) mass is 203 g/mol. The Kier molecular flexibility index (Phi) is 5.17. The number of hydrogen-bond donors (Lipinski definition) is 1. The number of aromatic nitrogens is 2. The van der Waals surface area contributed by atoms with Crippen molar-refractivity contribution in [3.8, 4) is 0 Å². The topological polar surface area (TPSA) is 72.0 Å². The van der Waals surface area contributed by atoms with Crippen molar-refractivity contribution < 1.29 is 8.42 Å². The molecule has 0 aliphatic rings. The first-order valence-electron chi connectivity index (χ1n) is 3.58. The zero-order valence-corrected chi connectivity index (χ0v) is 8.67. The second-order valence-corrected chi connectivity index (χ2v) is 4.22. The van der Waals surface area contributed by atoms with Gasteiger partial charge in [-0.25, -0.2) is 23.1 Å². The van der Waals surface area contributed by atoms with Crippen molar-refractivity contribution in [1.29, 1.82) is 0 Å². The number of aryl methyl sites for hydroxylation is 1. The van der Waals surface area contributed by atoms with E-state index in [2.05, 4.69) is 14.7 Å². The van der Waals surface area contributed by atoms with E-state index >= 15 is 0 Å². The van der Waals surface area contributed by atoms with Gasteiger partial charge in [-0.15, -0.1) is 0 Å². The molecule has 13 heavy (non-hydrogen) atoms. The second kappa shape index (κ2) is 5.60. The molecule has 0 fully saturated rings. The molecule has 6 heteroatoms. The van der Waals surface area contributed by atoms with E-state index in [-0.39, 0.29) is 0 Å². The Morgan fingerprint density at radius 2 is 1.69 bits per heavy atom. The SMILES string of the molecule is CNS(C)(=O)=O.Cc1ncccn1. The zero-order chi connectivity index (χ0) is 10.3. The van der Waals surface area contributed by atoms with Gasteiger partial charge in [0.2, 0.25) is 10.0 Å². The molecule has 0 radical (unpaired) electrons. The number of nitrogens with one attached hydrogen (secondary N) is 1. The zero-order valence-electron chi connectivity index (χ0n) is 7.85. The van der Waals surface area contributed by atoms with Crippen LogP contribution in [0.4, 0.5) is 0 Å². The molecular weight excluding hydrogens is 190 g/mol. The van der Waals surface area contributed by atoms with Gasteiger partial charge in [-0.05, 0) is 20.0 Å². The Bertz CT molecular complexity index is 323. The quantitative estimate of drug-likeness (QED) is 0.694. The van der Waals surface area contributed by atoms with Gasteiger partial charge in [0.1, 0.15) is 5.82 Å². The second-order valence-electron chi connectivity index (χ2n) is 2.27. The van der Waals surface area contributed by atoms with Gasteiger partial charge in [0.05, 0.1) is 6.26 Å². The van der Waals surface area contributed by atoms with E-state index in [0.717, 1.165) is 12.1 Å². The lowest BCUT2D eigenvalue weighted by Crippen LogP contribution is -2.15. The van der Waals surface area contributed by atoms with E-state index in [1.54, 1.807) is 18.5 Å². The van der Waals surface area contributed by atoms with Gasteiger partial charge in [0, 0.05) is 12.4 Å². The molecule has 0 bridgehead atoms. The Hall–Kier alpha value is -1.01. The predicted octanol–water partition coefficient (Wildman–Crippen LogP) is -0.0496. The first-order valence-corrected chi connectivity index (χ1v) is 5.47. The van der Waals surface area contributed by atoms with Crippen LogP contribution in [-0.2, 0) is 10.0 Å². The Morgan fingerprint density at radius 3 is 1.85 bits per heavy atom. The summed E-state index contributed by atoms with van der Waals surface area (Å²) >= 11 is 0. The highest BCUT2D eigenvalue weighted by molar-refractivity contribution is 7.88. The lowest BCUT2D eigenvalue weighted by atomic mass is 10.6. The van der Waals surface area contributed by atoms with E-state index in [0.29, 0.717) is 0 Å². The highest BCUT2D eigenvalue weighted by Gasteiger charge is 1.88. The first-order chi connectivity index (χ1) is 5.95. The summed E-state index contributed by atoms with van der Waals surface area (Å²) in [6, 6.07) is 1.80. The highest BCUT2D eigenvalue weighted by Crippen LogP contribution is 1.78. The third kappa shape index (κ3) is 8.90. The Morgan fingerprint density at radius 1 is 1.31 bits per heavy atom. The van der Waals surface area contributed by atoms with Gasteiger partial charge >= 0.3 is 0 Å². The van der Waals surface area contributed by atoms with Crippen LogP contribution in [0.5, 0.6) is 0 Å². The summed E-state index contributed by atoms with van der Waals surface area (Å²) in [5.74, 6) is 0.822. The average Bonchev–Trinajstić information content (AvgIpc) is 2.06. The maximum absolute atomic E-state index is 9.89. The molecule has 0 spiro atoms. The van der Waals surface area contributed by atoms with Crippen LogP contribution >= 0.6 is 0 Å². The third-order valence-electron chi connectivity index (χ3n) is 1.07. The molecule has 0 unspecified atom stereocenters. The van der Waals surface area contributed by atoms with E-state index in [9.17, 15) is 8.42 Å². The summed E-state index contributed by atoms with van der Waals surface area (Å²) in [6.45, 7) is 1.86. The minimum atomic E-state index is -2.91. The molecule has 1 aromatic heterocycles. The fourth-order valence-electron chi connectivity index (χ4n) is 0.374. The molecule has 5 nitrogen and oxygen atoms in total. The van der Waals surface area contributed by atoms with E-state index in [4.69, 9.17) is 0 Å². The minimum absolute atomic E-state index is 0.822. The van der Waals surface area contributed by atoms with Crippen LogP contribution in [-0.4, -0.2) is 31.7 Å². The molecule has 0 amide bonds. The highest BCUT2D eigenvalue weighted by atomic mass is 32.2. The molecular formula is C7H13N3O2S. The van der Waals surface area contributed by atoms with E-state index in [1.165, 1.54) is 7.05 Å². The summed E-state index contributed by atoms with van der Waals surface area (Å²) in [6.07, 6.45) is 4.55. The summed E-state index contributed by atoms with van der Waals surface area (Å²) in [7, 11) is -1.54. The maximum Gasteiger partial charge on any atom is 0.208 e. The van der Waals surface area contributed by atoms with Crippen molar-refractivity contribution in [1.82, 2.24) is 14.7 Å². The lowest BCUT2D eigenvalue weighted by Gasteiger charge is -1.85. The van der Waals surface area contributed by atoms with Crippen molar-refractivity contribution in [3.05, 3.63) is 24.3 Å². The minimum Gasteiger partial charge on any atom is -0.242 e. The lowest BCUT2D eigenvalue weighted by molar-refractivity contribution is 0.594. The maximum atomic E-state index is 9.89. The van der Waals surface area contributed by atoms with Crippen molar-refractivity contribution >= 4 is 10.0 Å². The molecule has 0 aliphatic carbocycles. The van der Waals surface area contributed by atoms with Crippen LogP contribution in [0.3, 0.4) is 0 Å². The summed E-state index contributed by atoms with van der Waals surface area (Å²) < 4.78 is 21.9. The summed E-state index contributed by atoms with van der Waals surface area (Å²) in [5.41, 5.74) is 0. The van der Waals surface area contributed by atoms with Gasteiger partial charge in [-0.2, -0.15) is 0 Å². The van der Waals surface area contributed by atoms with Gasteiger partial charge in [0.15, 0.2) is 0 Å². The van der Waals surface area contributed by atoms with Gasteiger partial charge in [-0.3, -0.25) is 0 Å². The predicted molar refractivity (Wildman–Crippen MR) is 50.7 cm³/mol. The normalized spacial score (nSPS) is 10.1. The average molecular weight is 203 g/mol. The van der Waals surface area contributed by atoms with Crippen LogP contribution in [0.15, 0.2) is 18.5 Å². The number of hydrogen-bond acceptors (Lipinski definition) is 4. The fraction of sp³-hybridized carbons (Fsp3) is 0.429. The first kappa shape index (κ1) is 12.0. The largest absolute Gasteiger partial charge is 0.242 e. The van der Waals surface area contributed by atoms with Crippen LogP contribution in [0.25, 0.3) is 0 Å². The van der Waals surface area contributed by atoms with Crippen LogP contribution in [0.1, 0.15) is 5.82 Å². The van der Waals surface area contributed by atoms with Gasteiger partial charge in [-0.1, -0.05) is 0 Å². The molecule has 0 aromatic carbocycles. The van der Waals surface area contributed by atoms with E-state index < -0.39 is 10.0 Å². The molecule has 0 saturated heterocycles. The number of rotatable bonds is 1. The van der Waals surface area contributed by atoms with Crippen LogP contribution < -0.4 is 4.72 Å². The molecule has 0 saturated carbocycles. The molecule has 1 N–H and O–H groups in total. The standard InChI is InChI=1S/C5H6N2.C2H7NO2S/c1-5-6-3-2-4-7-5;1-3-6(2,4)5/h2-4H,1H3;3H,1-2H3. The van der Waals surface area contributed by atoms with Crippen molar-refractivity contribution in [2.24, 2.45) is 0 Å². The number of sulfonamides is 1.